The molecule has 4 heteroatoms. The molecule has 0 bridgehead atoms. The number of pyridine rings is 2. The number of benzene rings is 3. The Morgan fingerprint density at radius 3 is 1.67 bits per heavy atom. The molecule has 254 valence electrons. The van der Waals surface area contributed by atoms with Gasteiger partial charge in [0, 0.05) is 61.4 Å². The van der Waals surface area contributed by atoms with Crippen LogP contribution < -0.4 is 4.90 Å². The normalized spacial score (nSPS) is 13.9. The topological polar surface area (TPSA) is 32.3 Å². The number of likely N-dealkylation sites (tertiary alicyclic amines) is 1. The molecule has 0 saturated carbocycles. The number of hydrogen-bond acceptors (Lipinski definition) is 4. The van der Waals surface area contributed by atoms with E-state index in [1.54, 1.807) is 0 Å². The number of anilines is 1. The summed E-state index contributed by atoms with van der Waals surface area (Å²) in [4.78, 5) is 14.9. The van der Waals surface area contributed by atoms with Crippen molar-refractivity contribution in [2.24, 2.45) is 0 Å². The Hall–Kier alpha value is -4.28. The van der Waals surface area contributed by atoms with Crippen LogP contribution in [0, 0.1) is 41.5 Å². The molecule has 1 aliphatic rings. The fourth-order valence-corrected chi connectivity index (χ4v) is 7.34. The first-order chi connectivity index (χ1) is 23.7. The van der Waals surface area contributed by atoms with Crippen molar-refractivity contribution in [3.05, 3.63) is 135 Å². The van der Waals surface area contributed by atoms with Crippen LogP contribution in [0.5, 0.6) is 0 Å². The SMILES string of the molecule is CCCCc1ccc(N(Cc2ccnc(-c3cc(C)c(C)c(C)c3)c2)C2CCN(Cc3ccnc(-c4cc(C)c(C)c(C)c4)c3)CC2)cc1. The lowest BCUT2D eigenvalue weighted by molar-refractivity contribution is 0.201. The highest BCUT2D eigenvalue weighted by Gasteiger charge is 2.26. The van der Waals surface area contributed by atoms with Crippen LogP contribution in [0.25, 0.3) is 22.5 Å². The molecule has 1 saturated heterocycles. The van der Waals surface area contributed by atoms with Crippen molar-refractivity contribution in [1.29, 1.82) is 0 Å². The summed E-state index contributed by atoms with van der Waals surface area (Å²) in [5, 5.41) is 0. The molecule has 1 aliphatic heterocycles. The summed E-state index contributed by atoms with van der Waals surface area (Å²) in [6, 6.07) is 28.0. The third-order valence-corrected chi connectivity index (χ3v) is 10.9. The summed E-state index contributed by atoms with van der Waals surface area (Å²) in [6.45, 7) is 19.5. The summed E-state index contributed by atoms with van der Waals surface area (Å²) in [5.74, 6) is 0. The van der Waals surface area contributed by atoms with Gasteiger partial charge in [0.2, 0.25) is 0 Å². The van der Waals surface area contributed by atoms with Gasteiger partial charge in [0.05, 0.1) is 11.4 Å². The summed E-state index contributed by atoms with van der Waals surface area (Å²) in [6.07, 6.45) is 9.87. The van der Waals surface area contributed by atoms with E-state index < -0.39 is 0 Å². The summed E-state index contributed by atoms with van der Waals surface area (Å²) in [7, 11) is 0. The molecule has 0 atom stereocenters. The van der Waals surface area contributed by atoms with Crippen LogP contribution in [0.3, 0.4) is 0 Å². The van der Waals surface area contributed by atoms with E-state index in [1.165, 1.54) is 79.7 Å². The minimum atomic E-state index is 0.477. The van der Waals surface area contributed by atoms with Gasteiger partial charge in [-0.25, -0.2) is 0 Å². The Balaban J connectivity index is 1.19. The van der Waals surface area contributed by atoms with Gasteiger partial charge in [0.15, 0.2) is 0 Å². The molecule has 3 heterocycles. The maximum Gasteiger partial charge on any atom is 0.0705 e. The molecule has 49 heavy (non-hydrogen) atoms. The zero-order valence-corrected chi connectivity index (χ0v) is 30.8. The Morgan fingerprint density at radius 2 is 1.14 bits per heavy atom. The van der Waals surface area contributed by atoms with E-state index in [2.05, 4.69) is 131 Å². The molecule has 0 aliphatic carbocycles. The highest BCUT2D eigenvalue weighted by molar-refractivity contribution is 5.64. The number of rotatable bonds is 11. The first-order valence-corrected chi connectivity index (χ1v) is 18.3. The lowest BCUT2D eigenvalue weighted by atomic mass is 9.97. The zero-order chi connectivity index (χ0) is 34.5. The van der Waals surface area contributed by atoms with Crippen LogP contribution in [-0.4, -0.2) is 34.0 Å². The van der Waals surface area contributed by atoms with Gasteiger partial charge in [-0.05, 0) is 178 Å². The fourth-order valence-electron chi connectivity index (χ4n) is 7.34. The fraction of sp³-hybridized carbons (Fsp3) is 0.378. The van der Waals surface area contributed by atoms with Crippen molar-refractivity contribution >= 4 is 5.69 Å². The summed E-state index contributed by atoms with van der Waals surface area (Å²) >= 11 is 0. The number of piperidine rings is 1. The van der Waals surface area contributed by atoms with Crippen LogP contribution in [0.4, 0.5) is 5.69 Å². The Morgan fingerprint density at radius 1 is 0.633 bits per heavy atom. The Kier molecular flexibility index (Phi) is 10.9. The van der Waals surface area contributed by atoms with E-state index in [-0.39, 0.29) is 0 Å². The van der Waals surface area contributed by atoms with Gasteiger partial charge in [-0.3, -0.25) is 14.9 Å². The quantitative estimate of drug-likeness (QED) is 0.142. The lowest BCUT2D eigenvalue weighted by Crippen LogP contribution is -2.44. The molecule has 3 aromatic carbocycles. The molecule has 2 aromatic heterocycles. The number of nitrogens with zero attached hydrogens (tertiary/aromatic N) is 4. The number of aryl methyl sites for hydroxylation is 5. The number of aromatic nitrogens is 2. The van der Waals surface area contributed by atoms with Crippen LogP contribution in [0.15, 0.2) is 85.2 Å². The van der Waals surface area contributed by atoms with Gasteiger partial charge in [-0.1, -0.05) is 25.5 Å². The van der Waals surface area contributed by atoms with Crippen molar-refractivity contribution < 1.29 is 0 Å². The molecule has 0 unspecified atom stereocenters. The van der Waals surface area contributed by atoms with Crippen molar-refractivity contribution in [3.63, 3.8) is 0 Å². The van der Waals surface area contributed by atoms with E-state index in [0.29, 0.717) is 6.04 Å². The molecule has 5 aromatic rings. The number of hydrogen-bond donors (Lipinski definition) is 0. The van der Waals surface area contributed by atoms with Crippen molar-refractivity contribution in [1.82, 2.24) is 14.9 Å². The van der Waals surface area contributed by atoms with Gasteiger partial charge >= 0.3 is 0 Å². The Labute approximate surface area is 295 Å². The van der Waals surface area contributed by atoms with Crippen LogP contribution >= 0.6 is 0 Å². The maximum absolute atomic E-state index is 4.81. The van der Waals surface area contributed by atoms with Gasteiger partial charge in [0.25, 0.3) is 0 Å². The maximum atomic E-state index is 4.81. The predicted molar refractivity (Wildman–Crippen MR) is 207 cm³/mol. The number of unbranched alkanes of at least 4 members (excludes halogenated alkanes) is 1. The van der Waals surface area contributed by atoms with Crippen molar-refractivity contribution in [3.8, 4) is 22.5 Å². The average molecular weight is 651 g/mol. The van der Waals surface area contributed by atoms with Crippen molar-refractivity contribution in [2.45, 2.75) is 99.7 Å². The standard InChI is InChI=1S/C45H54N4/c1-8-9-10-37-11-13-42(14-12-37)49(30-39-16-20-47-45(28-39)41-25-33(4)36(7)34(5)26-41)43-17-21-48(22-18-43)29-38-15-19-46-44(27-38)40-23-31(2)35(6)32(3)24-40/h11-16,19-20,23-28,43H,8-10,17-18,21-22,29-30H2,1-7H3. The largest absolute Gasteiger partial charge is 0.364 e. The second kappa shape index (κ2) is 15.5. The lowest BCUT2D eigenvalue weighted by Gasteiger charge is -2.40. The molecule has 0 N–H and O–H groups in total. The average Bonchev–Trinajstić information content (AvgIpc) is 3.11. The Bertz CT molecular complexity index is 1840. The third kappa shape index (κ3) is 8.31. The monoisotopic (exact) mass is 650 g/mol. The second-order valence-corrected chi connectivity index (χ2v) is 14.5. The highest BCUT2D eigenvalue weighted by atomic mass is 15.2. The van der Waals surface area contributed by atoms with E-state index >= 15 is 0 Å². The molecular weight excluding hydrogens is 597 g/mol. The predicted octanol–water partition coefficient (Wildman–Crippen LogP) is 10.7. The minimum absolute atomic E-state index is 0.477. The van der Waals surface area contributed by atoms with E-state index in [0.717, 1.165) is 56.8 Å². The van der Waals surface area contributed by atoms with E-state index in [4.69, 9.17) is 9.97 Å². The van der Waals surface area contributed by atoms with Crippen LogP contribution in [0.1, 0.15) is 82.7 Å². The summed E-state index contributed by atoms with van der Waals surface area (Å²) in [5.41, 5.74) is 18.0. The molecule has 0 spiro atoms. The van der Waals surface area contributed by atoms with Crippen LogP contribution in [-0.2, 0) is 19.5 Å². The summed E-state index contributed by atoms with van der Waals surface area (Å²) < 4.78 is 0. The molecule has 0 amide bonds. The van der Waals surface area contributed by atoms with Crippen LogP contribution in [0.2, 0.25) is 0 Å². The van der Waals surface area contributed by atoms with Gasteiger partial charge < -0.3 is 4.90 Å². The van der Waals surface area contributed by atoms with Gasteiger partial charge in [-0.2, -0.15) is 0 Å². The minimum Gasteiger partial charge on any atom is -0.364 e. The van der Waals surface area contributed by atoms with Gasteiger partial charge in [-0.15, -0.1) is 0 Å². The molecule has 4 nitrogen and oxygen atoms in total. The van der Waals surface area contributed by atoms with Crippen molar-refractivity contribution in [2.75, 3.05) is 18.0 Å². The second-order valence-electron chi connectivity index (χ2n) is 14.5. The first kappa shape index (κ1) is 34.6. The molecular formula is C45H54N4. The molecule has 0 radical (unpaired) electrons. The smallest absolute Gasteiger partial charge is 0.0705 e. The third-order valence-electron chi connectivity index (χ3n) is 10.9. The van der Waals surface area contributed by atoms with Gasteiger partial charge in [0.1, 0.15) is 0 Å². The molecule has 6 rings (SSSR count). The highest BCUT2D eigenvalue weighted by Crippen LogP contribution is 2.30. The molecule has 1 fully saturated rings. The zero-order valence-electron chi connectivity index (χ0n) is 30.8. The first-order valence-electron chi connectivity index (χ1n) is 18.3. The van der Waals surface area contributed by atoms with E-state index in [9.17, 15) is 0 Å². The van der Waals surface area contributed by atoms with E-state index in [1.807, 2.05) is 12.4 Å².